The number of nitrogens with zero attached hydrogens (tertiary/aromatic N) is 1. The number of hydrogen-bond donors (Lipinski definition) is 1. The number of carbonyl (C=O) groups excluding carboxylic acids is 3. The van der Waals surface area contributed by atoms with Gasteiger partial charge in [-0.15, -0.1) is 0 Å². The Hall–Kier alpha value is -3.67. The van der Waals surface area contributed by atoms with E-state index in [2.05, 4.69) is 0 Å². The van der Waals surface area contributed by atoms with Gasteiger partial charge in [0.2, 0.25) is 0 Å². The van der Waals surface area contributed by atoms with E-state index < -0.39 is 23.7 Å². The summed E-state index contributed by atoms with van der Waals surface area (Å²) in [6.45, 7) is 0.0634. The molecule has 0 aromatic heterocycles. The first-order valence-electron chi connectivity index (χ1n) is 9.26. The quantitative estimate of drug-likeness (QED) is 0.443. The highest BCUT2D eigenvalue weighted by molar-refractivity contribution is 6.47. The monoisotopic (exact) mass is 390 g/mol. The van der Waals surface area contributed by atoms with Crippen molar-refractivity contribution in [2.75, 3.05) is 6.54 Å². The number of hydrogen-bond acceptors (Lipinski definition) is 5. The molecule has 2 aromatic rings. The first-order valence-corrected chi connectivity index (χ1v) is 9.26. The van der Waals surface area contributed by atoms with Crippen LogP contribution in [0.1, 0.15) is 24.0 Å². The molecule has 1 saturated heterocycles. The van der Waals surface area contributed by atoms with Crippen molar-refractivity contribution in [1.82, 2.24) is 4.90 Å². The molecule has 0 radical (unpaired) electrons. The largest absolute Gasteiger partial charge is 0.550 e. The minimum atomic E-state index is -1.22. The molecule has 29 heavy (non-hydrogen) atoms. The summed E-state index contributed by atoms with van der Waals surface area (Å²) in [6, 6.07) is 17.1. The standard InChI is InChI=1S/C23H21NO5/c25-19(26)12-7-15-24-18(14-13-16-8-3-1-4-9-16)20(22(28)23(24)29)21(27)17-10-5-2-6-11-17/h1-6,8-11,13-14,18,27H,7,12,15H2,(H,25,26)/p-1/b14-13+,21-20?/t18-/m1/s1. The van der Waals surface area contributed by atoms with Crippen LogP contribution in [0.2, 0.25) is 0 Å². The number of aliphatic carboxylic acids is 1. The zero-order valence-corrected chi connectivity index (χ0v) is 15.7. The lowest BCUT2D eigenvalue weighted by Crippen LogP contribution is -2.35. The molecule has 148 valence electrons. The van der Waals surface area contributed by atoms with E-state index in [0.717, 1.165) is 5.56 Å². The van der Waals surface area contributed by atoms with Crippen molar-refractivity contribution in [1.29, 1.82) is 0 Å². The van der Waals surface area contributed by atoms with Crippen molar-refractivity contribution < 1.29 is 24.6 Å². The van der Waals surface area contributed by atoms with Crippen molar-refractivity contribution in [3.8, 4) is 0 Å². The second-order valence-corrected chi connectivity index (χ2v) is 6.65. The summed E-state index contributed by atoms with van der Waals surface area (Å²) in [5.74, 6) is -3.03. The number of aliphatic hydroxyl groups is 1. The number of ketones is 1. The fraction of sp³-hybridized carbons (Fsp3) is 0.174. The van der Waals surface area contributed by atoms with Gasteiger partial charge in [-0.3, -0.25) is 9.59 Å². The lowest BCUT2D eigenvalue weighted by molar-refractivity contribution is -0.305. The van der Waals surface area contributed by atoms with E-state index in [1.165, 1.54) is 4.90 Å². The van der Waals surface area contributed by atoms with Crippen molar-refractivity contribution in [3.63, 3.8) is 0 Å². The number of amides is 1. The van der Waals surface area contributed by atoms with Gasteiger partial charge in [-0.25, -0.2) is 0 Å². The van der Waals surface area contributed by atoms with Gasteiger partial charge in [-0.05, 0) is 18.4 Å². The Morgan fingerprint density at radius 2 is 1.66 bits per heavy atom. The van der Waals surface area contributed by atoms with Gasteiger partial charge < -0.3 is 19.9 Å². The maximum absolute atomic E-state index is 12.7. The Bertz CT molecular complexity index is 963. The number of rotatable bonds is 7. The van der Waals surface area contributed by atoms with Crippen LogP contribution in [-0.2, 0) is 14.4 Å². The Labute approximate surface area is 168 Å². The third kappa shape index (κ3) is 4.60. The molecule has 1 aliphatic heterocycles. The molecule has 6 heteroatoms. The van der Waals surface area contributed by atoms with Crippen molar-refractivity contribution in [2.24, 2.45) is 0 Å². The number of likely N-dealkylation sites (tertiary alicyclic amines) is 1. The molecule has 1 heterocycles. The number of Topliss-reactive ketones (excluding diaryl/α,β-unsaturated/α-hetero) is 1. The predicted octanol–water partition coefficient (Wildman–Crippen LogP) is 1.98. The van der Waals surface area contributed by atoms with Gasteiger partial charge in [0.15, 0.2) is 0 Å². The van der Waals surface area contributed by atoms with E-state index in [9.17, 15) is 24.6 Å². The smallest absolute Gasteiger partial charge is 0.295 e. The third-order valence-electron chi connectivity index (χ3n) is 4.68. The molecule has 6 nitrogen and oxygen atoms in total. The van der Waals surface area contributed by atoms with E-state index in [4.69, 9.17) is 0 Å². The summed E-state index contributed by atoms with van der Waals surface area (Å²) in [4.78, 5) is 37.3. The Balaban J connectivity index is 2.00. The first-order chi connectivity index (χ1) is 14.0. The molecule has 1 amide bonds. The number of aliphatic hydroxyl groups excluding tert-OH is 1. The number of benzene rings is 2. The summed E-state index contributed by atoms with van der Waals surface area (Å²) in [5, 5.41) is 21.5. The van der Waals surface area contributed by atoms with Gasteiger partial charge >= 0.3 is 0 Å². The lowest BCUT2D eigenvalue weighted by Gasteiger charge is -2.22. The van der Waals surface area contributed by atoms with E-state index in [-0.39, 0.29) is 30.7 Å². The van der Waals surface area contributed by atoms with Crippen LogP contribution in [0.25, 0.3) is 11.8 Å². The number of carbonyl (C=O) groups is 3. The molecule has 1 fully saturated rings. The lowest BCUT2D eigenvalue weighted by atomic mass is 10.00. The van der Waals surface area contributed by atoms with Crippen LogP contribution in [0.3, 0.4) is 0 Å². The van der Waals surface area contributed by atoms with Crippen LogP contribution in [0, 0.1) is 0 Å². The Kier molecular flexibility index (Phi) is 6.24. The molecule has 0 unspecified atom stereocenters. The van der Waals surface area contributed by atoms with Gasteiger partial charge in [0.05, 0.1) is 11.6 Å². The maximum atomic E-state index is 12.7. The van der Waals surface area contributed by atoms with E-state index in [1.807, 2.05) is 30.3 Å². The average molecular weight is 390 g/mol. The minimum absolute atomic E-state index is 0.0122. The number of carboxylic acids is 1. The highest BCUT2D eigenvalue weighted by atomic mass is 16.4. The Morgan fingerprint density at radius 1 is 1.03 bits per heavy atom. The fourth-order valence-electron chi connectivity index (χ4n) is 3.26. The average Bonchev–Trinajstić information content (AvgIpc) is 2.97. The SMILES string of the molecule is O=C([O-])CCCN1C(=O)C(=O)C(=C(O)c2ccccc2)[C@H]1/C=C/c1ccccc1. The summed E-state index contributed by atoms with van der Waals surface area (Å²) >= 11 is 0. The van der Waals surface area contributed by atoms with Crippen LogP contribution < -0.4 is 5.11 Å². The van der Waals surface area contributed by atoms with Crippen LogP contribution in [0.5, 0.6) is 0 Å². The zero-order valence-electron chi connectivity index (χ0n) is 15.7. The topological polar surface area (TPSA) is 97.7 Å². The van der Waals surface area contributed by atoms with Crippen molar-refractivity contribution in [2.45, 2.75) is 18.9 Å². The molecule has 2 aromatic carbocycles. The van der Waals surface area contributed by atoms with Crippen LogP contribution >= 0.6 is 0 Å². The summed E-state index contributed by atoms with van der Waals surface area (Å²) in [7, 11) is 0. The second kappa shape index (κ2) is 9.01. The summed E-state index contributed by atoms with van der Waals surface area (Å²) < 4.78 is 0. The third-order valence-corrected chi connectivity index (χ3v) is 4.68. The zero-order chi connectivity index (χ0) is 20.8. The van der Waals surface area contributed by atoms with Crippen molar-refractivity contribution in [3.05, 3.63) is 83.4 Å². The molecule has 0 bridgehead atoms. The van der Waals surface area contributed by atoms with Gasteiger partial charge in [-0.2, -0.15) is 0 Å². The highest BCUT2D eigenvalue weighted by Crippen LogP contribution is 2.30. The predicted molar refractivity (Wildman–Crippen MR) is 106 cm³/mol. The molecule has 0 spiro atoms. The minimum Gasteiger partial charge on any atom is -0.550 e. The van der Waals surface area contributed by atoms with Gasteiger partial charge in [-0.1, -0.05) is 72.8 Å². The van der Waals surface area contributed by atoms with E-state index >= 15 is 0 Å². The van der Waals surface area contributed by atoms with Gasteiger partial charge in [0.25, 0.3) is 11.7 Å². The normalized spacial score (nSPS) is 18.5. The fourth-order valence-corrected chi connectivity index (χ4v) is 3.26. The molecule has 1 aliphatic rings. The molecule has 0 saturated carbocycles. The summed E-state index contributed by atoms with van der Waals surface area (Å²) in [5.41, 5.74) is 1.28. The summed E-state index contributed by atoms with van der Waals surface area (Å²) in [6.07, 6.45) is 3.36. The number of carboxylic acid groups (broad SMARTS) is 1. The highest BCUT2D eigenvalue weighted by Gasteiger charge is 2.43. The van der Waals surface area contributed by atoms with Gasteiger partial charge in [0.1, 0.15) is 5.76 Å². The first kappa shape index (κ1) is 20.1. The van der Waals surface area contributed by atoms with E-state index in [0.29, 0.717) is 5.56 Å². The second-order valence-electron chi connectivity index (χ2n) is 6.65. The maximum Gasteiger partial charge on any atom is 0.295 e. The van der Waals surface area contributed by atoms with E-state index in [1.54, 1.807) is 42.5 Å². The van der Waals surface area contributed by atoms with Crippen LogP contribution in [0.4, 0.5) is 0 Å². The van der Waals surface area contributed by atoms with Crippen molar-refractivity contribution >= 4 is 29.5 Å². The molecule has 3 rings (SSSR count). The molecular weight excluding hydrogens is 370 g/mol. The molecule has 1 N–H and O–H groups in total. The van der Waals surface area contributed by atoms with Gasteiger partial charge in [0, 0.05) is 18.1 Å². The molecule has 0 aliphatic carbocycles. The molecular formula is C23H20NO5-. The Morgan fingerprint density at radius 3 is 2.28 bits per heavy atom. The van der Waals surface area contributed by atoms with Crippen LogP contribution in [-0.4, -0.2) is 40.3 Å². The molecule has 1 atom stereocenters. The van der Waals surface area contributed by atoms with Crippen LogP contribution in [0.15, 0.2) is 72.3 Å².